The lowest BCUT2D eigenvalue weighted by Crippen LogP contribution is -2.37. The molecule has 0 saturated heterocycles. The molecule has 23 heavy (non-hydrogen) atoms. The van der Waals surface area contributed by atoms with Gasteiger partial charge in [-0.1, -0.05) is 12.1 Å². The number of rotatable bonds is 5. The second kappa shape index (κ2) is 5.96. The van der Waals surface area contributed by atoms with Crippen LogP contribution in [0.2, 0.25) is 0 Å². The van der Waals surface area contributed by atoms with E-state index in [-0.39, 0.29) is 0 Å². The fourth-order valence-electron chi connectivity index (χ4n) is 2.74. The Bertz CT molecular complexity index is 776. The summed E-state index contributed by atoms with van der Waals surface area (Å²) in [7, 11) is 0. The van der Waals surface area contributed by atoms with E-state index in [4.69, 9.17) is 8.94 Å². The van der Waals surface area contributed by atoms with E-state index in [2.05, 4.69) is 32.5 Å². The number of fused-ring (bicyclic) bond motifs is 1. The Morgan fingerprint density at radius 2 is 2.35 bits per heavy atom. The zero-order valence-corrected chi connectivity index (χ0v) is 12.9. The highest BCUT2D eigenvalue weighted by molar-refractivity contribution is 5.51. The Labute approximate surface area is 132 Å². The third-order valence-corrected chi connectivity index (χ3v) is 4.01. The molecule has 1 N–H and O–H groups in total. The summed E-state index contributed by atoms with van der Waals surface area (Å²) in [6, 6.07) is 2.14. The van der Waals surface area contributed by atoms with Gasteiger partial charge in [-0.3, -0.25) is 0 Å². The van der Waals surface area contributed by atoms with Crippen molar-refractivity contribution >= 4 is 0 Å². The SMILES string of the molecule is CCc1nc2n(n1)CC(NCc1nc(-c3ccoc3)no1)CC2. The Kier molecular flexibility index (Phi) is 3.66. The minimum atomic E-state index is 0.332. The molecule has 4 rings (SSSR count). The van der Waals surface area contributed by atoms with E-state index in [1.54, 1.807) is 18.6 Å². The minimum Gasteiger partial charge on any atom is -0.472 e. The minimum absolute atomic E-state index is 0.332. The molecular weight excluding hydrogens is 296 g/mol. The fourth-order valence-corrected chi connectivity index (χ4v) is 2.74. The van der Waals surface area contributed by atoms with Gasteiger partial charge in [0.2, 0.25) is 11.7 Å². The molecule has 0 aliphatic carbocycles. The molecule has 0 aromatic carbocycles. The van der Waals surface area contributed by atoms with Crippen molar-refractivity contribution in [2.45, 2.75) is 45.3 Å². The second-order valence-electron chi connectivity index (χ2n) is 5.62. The van der Waals surface area contributed by atoms with Crippen LogP contribution >= 0.6 is 0 Å². The molecule has 120 valence electrons. The van der Waals surface area contributed by atoms with Crippen molar-refractivity contribution in [3.63, 3.8) is 0 Å². The van der Waals surface area contributed by atoms with Gasteiger partial charge in [-0.15, -0.1) is 0 Å². The molecule has 4 heterocycles. The van der Waals surface area contributed by atoms with E-state index < -0.39 is 0 Å². The summed E-state index contributed by atoms with van der Waals surface area (Å²) in [6.07, 6.45) is 6.03. The third kappa shape index (κ3) is 2.89. The quantitative estimate of drug-likeness (QED) is 0.764. The molecule has 0 amide bonds. The molecule has 1 aliphatic rings. The van der Waals surface area contributed by atoms with Crippen LogP contribution in [0.5, 0.6) is 0 Å². The van der Waals surface area contributed by atoms with Crippen LogP contribution in [0.4, 0.5) is 0 Å². The van der Waals surface area contributed by atoms with Gasteiger partial charge in [0.25, 0.3) is 0 Å². The van der Waals surface area contributed by atoms with Gasteiger partial charge in [-0.05, 0) is 12.5 Å². The lowest BCUT2D eigenvalue weighted by molar-refractivity contribution is 0.320. The van der Waals surface area contributed by atoms with Crippen molar-refractivity contribution in [3.05, 3.63) is 36.1 Å². The van der Waals surface area contributed by atoms with Crippen molar-refractivity contribution in [1.29, 1.82) is 0 Å². The van der Waals surface area contributed by atoms with Crippen LogP contribution in [0.15, 0.2) is 27.5 Å². The molecule has 3 aromatic heterocycles. The number of furan rings is 1. The molecular formula is C15H18N6O2. The molecule has 1 unspecified atom stereocenters. The lowest BCUT2D eigenvalue weighted by atomic mass is 10.1. The van der Waals surface area contributed by atoms with E-state index in [9.17, 15) is 0 Å². The number of aromatic nitrogens is 5. The van der Waals surface area contributed by atoms with Crippen molar-refractivity contribution in [3.8, 4) is 11.4 Å². The van der Waals surface area contributed by atoms with Gasteiger partial charge in [0.1, 0.15) is 12.1 Å². The van der Waals surface area contributed by atoms with Gasteiger partial charge in [0.15, 0.2) is 5.82 Å². The first-order valence-electron chi connectivity index (χ1n) is 7.83. The highest BCUT2D eigenvalue weighted by Crippen LogP contribution is 2.17. The van der Waals surface area contributed by atoms with Crippen LogP contribution in [0.25, 0.3) is 11.4 Å². The van der Waals surface area contributed by atoms with Gasteiger partial charge in [0, 0.05) is 18.9 Å². The smallest absolute Gasteiger partial charge is 0.240 e. The number of hydrogen-bond donors (Lipinski definition) is 1. The fraction of sp³-hybridized carbons (Fsp3) is 0.467. The Morgan fingerprint density at radius 3 is 3.17 bits per heavy atom. The van der Waals surface area contributed by atoms with Crippen LogP contribution in [-0.4, -0.2) is 30.9 Å². The Balaban J connectivity index is 1.36. The predicted molar refractivity (Wildman–Crippen MR) is 80.3 cm³/mol. The molecule has 0 fully saturated rings. The van der Waals surface area contributed by atoms with E-state index in [1.165, 1.54) is 0 Å². The average molecular weight is 314 g/mol. The second-order valence-corrected chi connectivity index (χ2v) is 5.62. The van der Waals surface area contributed by atoms with Crippen molar-refractivity contribution in [2.24, 2.45) is 0 Å². The van der Waals surface area contributed by atoms with E-state index >= 15 is 0 Å². The van der Waals surface area contributed by atoms with E-state index in [1.807, 2.05) is 4.68 Å². The highest BCUT2D eigenvalue weighted by Gasteiger charge is 2.21. The highest BCUT2D eigenvalue weighted by atomic mass is 16.5. The summed E-state index contributed by atoms with van der Waals surface area (Å²) in [5.74, 6) is 3.12. The summed E-state index contributed by atoms with van der Waals surface area (Å²) in [6.45, 7) is 3.44. The first kappa shape index (κ1) is 14.1. The number of nitrogens with one attached hydrogen (secondary N) is 1. The molecule has 0 bridgehead atoms. The Morgan fingerprint density at radius 1 is 1.39 bits per heavy atom. The molecule has 0 spiro atoms. The maximum Gasteiger partial charge on any atom is 0.240 e. The Hall–Kier alpha value is -2.48. The topological polar surface area (TPSA) is 94.8 Å². The van der Waals surface area contributed by atoms with Gasteiger partial charge in [0.05, 0.1) is 24.9 Å². The molecule has 8 nitrogen and oxygen atoms in total. The summed E-state index contributed by atoms with van der Waals surface area (Å²) < 4.78 is 12.3. The number of aryl methyl sites for hydroxylation is 2. The van der Waals surface area contributed by atoms with Crippen LogP contribution in [0, 0.1) is 0 Å². The van der Waals surface area contributed by atoms with Crippen molar-refractivity contribution in [1.82, 2.24) is 30.2 Å². The van der Waals surface area contributed by atoms with E-state index in [0.717, 1.165) is 43.0 Å². The van der Waals surface area contributed by atoms with Gasteiger partial charge in [-0.25, -0.2) is 9.67 Å². The molecule has 0 radical (unpaired) electrons. The largest absolute Gasteiger partial charge is 0.472 e. The lowest BCUT2D eigenvalue weighted by Gasteiger charge is -2.22. The molecule has 8 heteroatoms. The summed E-state index contributed by atoms with van der Waals surface area (Å²) in [4.78, 5) is 8.89. The van der Waals surface area contributed by atoms with Crippen LogP contribution < -0.4 is 5.32 Å². The summed E-state index contributed by atoms with van der Waals surface area (Å²) >= 11 is 0. The normalized spacial score (nSPS) is 17.3. The van der Waals surface area contributed by atoms with E-state index in [0.29, 0.717) is 24.3 Å². The van der Waals surface area contributed by atoms with Gasteiger partial charge < -0.3 is 14.3 Å². The standard InChI is InChI=1S/C15H18N6O2/c1-2-12-17-13-4-3-11(8-21(13)19-12)16-7-14-18-15(20-23-14)10-5-6-22-9-10/h5-6,9,11,16H,2-4,7-8H2,1H3. The molecule has 1 aliphatic heterocycles. The van der Waals surface area contributed by atoms with Crippen LogP contribution in [-0.2, 0) is 25.9 Å². The van der Waals surface area contributed by atoms with Crippen molar-refractivity contribution in [2.75, 3.05) is 0 Å². The number of nitrogens with zero attached hydrogens (tertiary/aromatic N) is 5. The molecule has 3 aromatic rings. The zero-order chi connectivity index (χ0) is 15.6. The summed E-state index contributed by atoms with van der Waals surface area (Å²) in [5.41, 5.74) is 0.817. The van der Waals surface area contributed by atoms with Gasteiger partial charge in [-0.2, -0.15) is 10.1 Å². The predicted octanol–water partition coefficient (Wildman–Crippen LogP) is 1.59. The van der Waals surface area contributed by atoms with Crippen LogP contribution in [0.3, 0.4) is 0 Å². The summed E-state index contributed by atoms with van der Waals surface area (Å²) in [5, 5.41) is 11.9. The maximum atomic E-state index is 5.27. The molecule has 0 saturated carbocycles. The third-order valence-electron chi connectivity index (χ3n) is 4.01. The maximum absolute atomic E-state index is 5.27. The first-order valence-corrected chi connectivity index (χ1v) is 7.83. The van der Waals surface area contributed by atoms with Gasteiger partial charge >= 0.3 is 0 Å². The first-order chi connectivity index (χ1) is 11.3. The average Bonchev–Trinajstić information content (AvgIpc) is 3.30. The number of hydrogen-bond acceptors (Lipinski definition) is 7. The monoisotopic (exact) mass is 314 g/mol. The van der Waals surface area contributed by atoms with Crippen molar-refractivity contribution < 1.29 is 8.94 Å². The molecule has 1 atom stereocenters. The zero-order valence-electron chi connectivity index (χ0n) is 12.9. The van der Waals surface area contributed by atoms with Crippen LogP contribution in [0.1, 0.15) is 30.9 Å².